The van der Waals surface area contributed by atoms with Crippen LogP contribution in [-0.4, -0.2) is 54.6 Å². The summed E-state index contributed by atoms with van der Waals surface area (Å²) in [7, 11) is 2.31. The van der Waals surface area contributed by atoms with Crippen molar-refractivity contribution in [2.24, 2.45) is 5.73 Å². The zero-order valence-corrected chi connectivity index (χ0v) is 13.0. The Labute approximate surface area is 119 Å². The van der Waals surface area contributed by atoms with E-state index in [1.165, 1.54) is 71.0 Å². The van der Waals surface area contributed by atoms with Gasteiger partial charge in [0.1, 0.15) is 0 Å². The standard InChI is InChI=1S/C16H33N3/c1-3-19(16-9-7-14(17)8-10-16)13-11-15-6-4-5-12-18(15)2/h14-16H,3-13,17H2,1-2H3. The third-order valence-electron chi connectivity index (χ3n) is 5.33. The van der Waals surface area contributed by atoms with Crippen LogP contribution in [0.5, 0.6) is 0 Å². The molecule has 0 spiro atoms. The van der Waals surface area contributed by atoms with Gasteiger partial charge in [-0.2, -0.15) is 0 Å². The number of hydrogen-bond acceptors (Lipinski definition) is 3. The second-order valence-electron chi connectivity index (χ2n) is 6.62. The molecular weight excluding hydrogens is 234 g/mol. The first-order valence-corrected chi connectivity index (χ1v) is 8.40. The van der Waals surface area contributed by atoms with Gasteiger partial charge in [-0.3, -0.25) is 0 Å². The predicted octanol–water partition coefficient (Wildman–Crippen LogP) is 2.45. The number of nitrogens with zero attached hydrogens (tertiary/aromatic N) is 2. The number of piperidine rings is 1. The fourth-order valence-corrected chi connectivity index (χ4v) is 3.89. The summed E-state index contributed by atoms with van der Waals surface area (Å²) in [5, 5.41) is 0. The quantitative estimate of drug-likeness (QED) is 0.830. The second kappa shape index (κ2) is 7.61. The first-order chi connectivity index (χ1) is 9.20. The van der Waals surface area contributed by atoms with Gasteiger partial charge < -0.3 is 15.5 Å². The average molecular weight is 267 g/mol. The van der Waals surface area contributed by atoms with Crippen molar-refractivity contribution in [3.8, 4) is 0 Å². The van der Waals surface area contributed by atoms with Gasteiger partial charge in [0.25, 0.3) is 0 Å². The van der Waals surface area contributed by atoms with Crippen molar-refractivity contribution >= 4 is 0 Å². The number of hydrogen-bond donors (Lipinski definition) is 1. The SMILES string of the molecule is CCN(CCC1CCCCN1C)C1CCC(N)CC1. The Morgan fingerprint density at radius 1 is 1.11 bits per heavy atom. The van der Waals surface area contributed by atoms with Crippen LogP contribution in [0.3, 0.4) is 0 Å². The van der Waals surface area contributed by atoms with Crippen LogP contribution < -0.4 is 5.73 Å². The first-order valence-electron chi connectivity index (χ1n) is 8.40. The summed E-state index contributed by atoms with van der Waals surface area (Å²) in [5.74, 6) is 0. The summed E-state index contributed by atoms with van der Waals surface area (Å²) >= 11 is 0. The van der Waals surface area contributed by atoms with Crippen molar-refractivity contribution in [3.05, 3.63) is 0 Å². The molecule has 1 aliphatic carbocycles. The maximum atomic E-state index is 6.02. The Morgan fingerprint density at radius 3 is 2.47 bits per heavy atom. The van der Waals surface area contributed by atoms with E-state index in [2.05, 4.69) is 23.8 Å². The van der Waals surface area contributed by atoms with Crippen LogP contribution >= 0.6 is 0 Å². The lowest BCUT2D eigenvalue weighted by Crippen LogP contribution is -2.44. The Balaban J connectivity index is 1.75. The minimum atomic E-state index is 0.472. The lowest BCUT2D eigenvalue weighted by atomic mass is 9.90. The van der Waals surface area contributed by atoms with Gasteiger partial charge in [-0.1, -0.05) is 13.3 Å². The molecule has 3 heteroatoms. The predicted molar refractivity (Wildman–Crippen MR) is 82.4 cm³/mol. The summed E-state index contributed by atoms with van der Waals surface area (Å²) < 4.78 is 0. The van der Waals surface area contributed by atoms with Crippen LogP contribution in [-0.2, 0) is 0 Å². The summed E-state index contributed by atoms with van der Waals surface area (Å²) in [4.78, 5) is 5.29. The molecule has 0 bridgehead atoms. The molecular formula is C16H33N3. The zero-order chi connectivity index (χ0) is 13.7. The van der Waals surface area contributed by atoms with E-state index in [0.717, 1.165) is 12.1 Å². The summed E-state index contributed by atoms with van der Waals surface area (Å²) in [6.07, 6.45) is 10.7. The monoisotopic (exact) mass is 267 g/mol. The normalized spacial score (nSPS) is 33.8. The van der Waals surface area contributed by atoms with Crippen molar-refractivity contribution < 1.29 is 0 Å². The maximum absolute atomic E-state index is 6.02. The Kier molecular flexibility index (Phi) is 6.11. The lowest BCUT2D eigenvalue weighted by molar-refractivity contribution is 0.119. The third-order valence-corrected chi connectivity index (χ3v) is 5.33. The maximum Gasteiger partial charge on any atom is 0.0104 e. The van der Waals surface area contributed by atoms with Crippen molar-refractivity contribution in [1.82, 2.24) is 9.80 Å². The summed E-state index contributed by atoms with van der Waals surface area (Å²) in [6.45, 7) is 6.11. The van der Waals surface area contributed by atoms with Crippen LogP contribution in [0.4, 0.5) is 0 Å². The minimum Gasteiger partial charge on any atom is -0.328 e. The molecule has 0 radical (unpaired) electrons. The molecule has 1 atom stereocenters. The van der Waals surface area contributed by atoms with Gasteiger partial charge in [0.15, 0.2) is 0 Å². The van der Waals surface area contributed by atoms with E-state index in [-0.39, 0.29) is 0 Å². The molecule has 1 aliphatic heterocycles. The molecule has 19 heavy (non-hydrogen) atoms. The number of rotatable bonds is 5. The van der Waals surface area contributed by atoms with E-state index in [9.17, 15) is 0 Å². The molecule has 0 aromatic carbocycles. The van der Waals surface area contributed by atoms with Gasteiger partial charge in [-0.25, -0.2) is 0 Å². The highest BCUT2D eigenvalue weighted by atomic mass is 15.2. The fraction of sp³-hybridized carbons (Fsp3) is 1.00. The van der Waals surface area contributed by atoms with Crippen LogP contribution in [0.1, 0.15) is 58.3 Å². The molecule has 3 nitrogen and oxygen atoms in total. The molecule has 0 amide bonds. The molecule has 1 heterocycles. The highest BCUT2D eigenvalue weighted by Gasteiger charge is 2.25. The third kappa shape index (κ3) is 4.44. The van der Waals surface area contributed by atoms with E-state index in [0.29, 0.717) is 6.04 Å². The van der Waals surface area contributed by atoms with E-state index >= 15 is 0 Å². The molecule has 1 unspecified atom stereocenters. The van der Waals surface area contributed by atoms with E-state index < -0.39 is 0 Å². The molecule has 2 N–H and O–H groups in total. The van der Waals surface area contributed by atoms with Gasteiger partial charge in [-0.05, 0) is 71.6 Å². The van der Waals surface area contributed by atoms with Gasteiger partial charge >= 0.3 is 0 Å². The fourth-order valence-electron chi connectivity index (χ4n) is 3.89. The summed E-state index contributed by atoms with van der Waals surface area (Å²) in [6, 6.07) is 2.10. The van der Waals surface area contributed by atoms with Crippen molar-refractivity contribution in [3.63, 3.8) is 0 Å². The van der Waals surface area contributed by atoms with Gasteiger partial charge in [0, 0.05) is 18.1 Å². The molecule has 0 aromatic rings. The highest BCUT2D eigenvalue weighted by Crippen LogP contribution is 2.24. The molecule has 2 fully saturated rings. The molecule has 0 aromatic heterocycles. The smallest absolute Gasteiger partial charge is 0.0104 e. The van der Waals surface area contributed by atoms with Gasteiger partial charge in [0.05, 0.1) is 0 Å². The Bertz CT molecular complexity index is 248. The zero-order valence-electron chi connectivity index (χ0n) is 13.0. The second-order valence-corrected chi connectivity index (χ2v) is 6.62. The largest absolute Gasteiger partial charge is 0.328 e. The average Bonchev–Trinajstić information content (AvgIpc) is 2.43. The lowest BCUT2D eigenvalue weighted by Gasteiger charge is -2.38. The molecule has 2 rings (SSSR count). The topological polar surface area (TPSA) is 32.5 Å². The van der Waals surface area contributed by atoms with E-state index in [1.807, 2.05) is 0 Å². The number of nitrogens with two attached hydrogens (primary N) is 1. The Morgan fingerprint density at radius 2 is 1.84 bits per heavy atom. The first kappa shape index (κ1) is 15.3. The van der Waals surface area contributed by atoms with Crippen LogP contribution in [0.2, 0.25) is 0 Å². The van der Waals surface area contributed by atoms with Crippen molar-refractivity contribution in [2.45, 2.75) is 76.4 Å². The van der Waals surface area contributed by atoms with E-state index in [1.54, 1.807) is 0 Å². The van der Waals surface area contributed by atoms with Crippen molar-refractivity contribution in [2.75, 3.05) is 26.7 Å². The molecule has 2 aliphatic rings. The van der Waals surface area contributed by atoms with Crippen LogP contribution in [0.15, 0.2) is 0 Å². The number of likely N-dealkylation sites (tertiary alicyclic amines) is 1. The summed E-state index contributed by atoms with van der Waals surface area (Å²) in [5.41, 5.74) is 6.02. The molecule has 1 saturated carbocycles. The molecule has 1 saturated heterocycles. The van der Waals surface area contributed by atoms with E-state index in [4.69, 9.17) is 5.73 Å². The highest BCUT2D eigenvalue weighted by molar-refractivity contribution is 4.82. The van der Waals surface area contributed by atoms with Gasteiger partial charge in [0.2, 0.25) is 0 Å². The van der Waals surface area contributed by atoms with Crippen LogP contribution in [0.25, 0.3) is 0 Å². The van der Waals surface area contributed by atoms with Crippen LogP contribution in [0, 0.1) is 0 Å². The minimum absolute atomic E-state index is 0.472. The molecule has 112 valence electrons. The Hall–Kier alpha value is -0.120. The van der Waals surface area contributed by atoms with Crippen molar-refractivity contribution in [1.29, 1.82) is 0 Å². The van der Waals surface area contributed by atoms with Gasteiger partial charge in [-0.15, -0.1) is 0 Å².